The molecule has 2 heterocycles. The predicted molar refractivity (Wildman–Crippen MR) is 107 cm³/mol. The van der Waals surface area contributed by atoms with E-state index in [1.54, 1.807) is 11.3 Å². The van der Waals surface area contributed by atoms with E-state index >= 15 is 0 Å². The number of halogens is 1. The maximum absolute atomic E-state index is 4.73. The first-order valence-corrected chi connectivity index (χ1v) is 8.69. The maximum atomic E-state index is 4.73. The van der Waals surface area contributed by atoms with Gasteiger partial charge in [0.1, 0.15) is 12.4 Å². The van der Waals surface area contributed by atoms with Crippen molar-refractivity contribution in [3.63, 3.8) is 0 Å². The standard InChI is InChI=1S/C15H23N7S.HI/c1-10-19-20-14(22(10)4)7-16-15(18-12-5-6-12)21(3)8-13-9-23-11(2)17-13;/h9,12H,5-8H2,1-4H3,(H,16,18);1H. The molecule has 0 aromatic carbocycles. The molecule has 0 amide bonds. The molecule has 1 fully saturated rings. The molecule has 0 atom stereocenters. The van der Waals surface area contributed by atoms with Gasteiger partial charge in [-0.15, -0.1) is 45.5 Å². The topological polar surface area (TPSA) is 71.2 Å². The van der Waals surface area contributed by atoms with Gasteiger partial charge in [-0.25, -0.2) is 9.98 Å². The average Bonchev–Trinajstić information content (AvgIpc) is 3.17. The van der Waals surface area contributed by atoms with Crippen LogP contribution in [0, 0.1) is 13.8 Å². The number of hydrogen-bond donors (Lipinski definition) is 1. The van der Waals surface area contributed by atoms with E-state index in [-0.39, 0.29) is 24.0 Å². The largest absolute Gasteiger partial charge is 0.353 e. The summed E-state index contributed by atoms with van der Waals surface area (Å²) in [5, 5.41) is 15.0. The van der Waals surface area contributed by atoms with Gasteiger partial charge in [-0.2, -0.15) is 0 Å². The van der Waals surface area contributed by atoms with Crippen LogP contribution in [0.25, 0.3) is 0 Å². The molecule has 0 bridgehead atoms. The van der Waals surface area contributed by atoms with E-state index in [9.17, 15) is 0 Å². The normalized spacial score (nSPS) is 14.4. The van der Waals surface area contributed by atoms with Crippen LogP contribution >= 0.6 is 35.3 Å². The lowest BCUT2D eigenvalue weighted by atomic mass is 10.4. The van der Waals surface area contributed by atoms with E-state index in [1.165, 1.54) is 12.8 Å². The van der Waals surface area contributed by atoms with Crippen LogP contribution in [0.1, 0.15) is 35.2 Å². The lowest BCUT2D eigenvalue weighted by Crippen LogP contribution is -2.39. The fourth-order valence-electron chi connectivity index (χ4n) is 2.22. The van der Waals surface area contributed by atoms with Gasteiger partial charge in [0.25, 0.3) is 0 Å². The Morgan fingerprint density at radius 1 is 1.42 bits per heavy atom. The Morgan fingerprint density at radius 2 is 2.17 bits per heavy atom. The Bertz CT molecular complexity index is 704. The predicted octanol–water partition coefficient (Wildman–Crippen LogP) is 2.25. The van der Waals surface area contributed by atoms with Crippen LogP contribution in [-0.2, 0) is 20.1 Å². The van der Waals surface area contributed by atoms with Crippen molar-refractivity contribution in [1.82, 2.24) is 30.0 Å². The summed E-state index contributed by atoms with van der Waals surface area (Å²) in [4.78, 5) is 11.4. The highest BCUT2D eigenvalue weighted by molar-refractivity contribution is 14.0. The number of nitrogens with one attached hydrogen (secondary N) is 1. The quantitative estimate of drug-likeness (QED) is 0.420. The second-order valence-electron chi connectivity index (χ2n) is 5.99. The molecule has 1 N–H and O–H groups in total. The molecule has 3 rings (SSSR count). The summed E-state index contributed by atoms with van der Waals surface area (Å²) in [5.41, 5.74) is 1.08. The number of nitrogens with zero attached hydrogens (tertiary/aromatic N) is 6. The second kappa shape index (κ2) is 8.24. The minimum atomic E-state index is 0. The van der Waals surface area contributed by atoms with Crippen molar-refractivity contribution >= 4 is 41.3 Å². The summed E-state index contributed by atoms with van der Waals surface area (Å²) in [6, 6.07) is 0.551. The van der Waals surface area contributed by atoms with Crippen molar-refractivity contribution < 1.29 is 0 Å². The third-order valence-electron chi connectivity index (χ3n) is 3.89. The zero-order valence-electron chi connectivity index (χ0n) is 14.5. The number of aryl methyl sites for hydroxylation is 2. The molecular weight excluding hydrogens is 437 g/mol. The van der Waals surface area contributed by atoms with Gasteiger partial charge < -0.3 is 14.8 Å². The van der Waals surface area contributed by atoms with Crippen molar-refractivity contribution in [1.29, 1.82) is 0 Å². The number of thiazole rings is 1. The van der Waals surface area contributed by atoms with Crippen molar-refractivity contribution in [2.75, 3.05) is 7.05 Å². The molecule has 2 aromatic rings. The van der Waals surface area contributed by atoms with E-state index in [1.807, 2.05) is 32.5 Å². The van der Waals surface area contributed by atoms with Gasteiger partial charge in [-0.05, 0) is 26.7 Å². The van der Waals surface area contributed by atoms with E-state index in [4.69, 9.17) is 4.99 Å². The summed E-state index contributed by atoms with van der Waals surface area (Å²) in [5.74, 6) is 2.67. The smallest absolute Gasteiger partial charge is 0.194 e. The van der Waals surface area contributed by atoms with Crippen LogP contribution in [0.2, 0.25) is 0 Å². The minimum absolute atomic E-state index is 0. The van der Waals surface area contributed by atoms with Crippen molar-refractivity contribution in [3.05, 3.63) is 27.7 Å². The first-order chi connectivity index (χ1) is 11.0. The molecule has 1 saturated carbocycles. The lowest BCUT2D eigenvalue weighted by Gasteiger charge is -2.21. The van der Waals surface area contributed by atoms with E-state index in [0.29, 0.717) is 12.6 Å². The number of hydrogen-bond acceptors (Lipinski definition) is 5. The van der Waals surface area contributed by atoms with Gasteiger partial charge in [0, 0.05) is 25.5 Å². The number of aromatic nitrogens is 4. The highest BCUT2D eigenvalue weighted by Gasteiger charge is 2.24. The Balaban J connectivity index is 0.00000208. The highest BCUT2D eigenvalue weighted by atomic mass is 127. The van der Waals surface area contributed by atoms with Crippen LogP contribution in [-0.4, -0.2) is 43.7 Å². The summed E-state index contributed by atoms with van der Waals surface area (Å²) in [6.45, 7) is 5.25. The molecule has 0 aliphatic heterocycles. The zero-order valence-corrected chi connectivity index (χ0v) is 17.6. The molecule has 1 aliphatic carbocycles. The van der Waals surface area contributed by atoms with Gasteiger partial charge >= 0.3 is 0 Å². The Morgan fingerprint density at radius 3 is 2.71 bits per heavy atom. The van der Waals surface area contributed by atoms with Gasteiger partial charge in [0.05, 0.1) is 17.2 Å². The molecule has 24 heavy (non-hydrogen) atoms. The SMILES string of the molecule is Cc1nc(CN(C)C(=NCc2nnc(C)n2C)NC2CC2)cs1.I. The summed E-state index contributed by atoms with van der Waals surface area (Å²) >= 11 is 1.68. The number of guanidine groups is 1. The lowest BCUT2D eigenvalue weighted by molar-refractivity contribution is 0.467. The van der Waals surface area contributed by atoms with Crippen LogP contribution in [0.15, 0.2) is 10.4 Å². The second-order valence-corrected chi connectivity index (χ2v) is 7.06. The monoisotopic (exact) mass is 461 g/mol. The Hall–Kier alpha value is -1.23. The van der Waals surface area contributed by atoms with Gasteiger partial charge in [0.2, 0.25) is 0 Å². The molecule has 0 saturated heterocycles. The molecule has 9 heteroatoms. The fraction of sp³-hybridized carbons (Fsp3) is 0.600. The van der Waals surface area contributed by atoms with Crippen LogP contribution in [0.5, 0.6) is 0 Å². The molecule has 7 nitrogen and oxygen atoms in total. The molecule has 0 radical (unpaired) electrons. The first-order valence-electron chi connectivity index (χ1n) is 7.81. The van der Waals surface area contributed by atoms with Crippen LogP contribution in [0.4, 0.5) is 0 Å². The Labute approximate surface area is 163 Å². The molecule has 2 aromatic heterocycles. The Kier molecular flexibility index (Phi) is 6.55. The van der Waals surface area contributed by atoms with Crippen molar-refractivity contribution in [3.8, 4) is 0 Å². The fourth-order valence-corrected chi connectivity index (χ4v) is 2.82. The van der Waals surface area contributed by atoms with E-state index < -0.39 is 0 Å². The van der Waals surface area contributed by atoms with E-state index in [0.717, 1.165) is 34.9 Å². The van der Waals surface area contributed by atoms with Crippen LogP contribution in [0.3, 0.4) is 0 Å². The number of aliphatic imine (C=N–C) groups is 1. The minimum Gasteiger partial charge on any atom is -0.353 e. The molecule has 1 aliphatic rings. The summed E-state index contributed by atoms with van der Waals surface area (Å²) in [6.07, 6.45) is 2.43. The zero-order chi connectivity index (χ0) is 16.4. The van der Waals surface area contributed by atoms with Gasteiger partial charge in [-0.1, -0.05) is 0 Å². The molecular formula is C15H24IN7S. The molecule has 0 spiro atoms. The highest BCUT2D eigenvalue weighted by Crippen LogP contribution is 2.19. The van der Waals surface area contributed by atoms with Crippen molar-refractivity contribution in [2.45, 2.75) is 45.8 Å². The molecule has 132 valence electrons. The van der Waals surface area contributed by atoms with E-state index in [2.05, 4.69) is 30.8 Å². The first kappa shape index (κ1) is 19.1. The maximum Gasteiger partial charge on any atom is 0.194 e. The van der Waals surface area contributed by atoms with Gasteiger partial charge in [0.15, 0.2) is 11.8 Å². The number of rotatable bonds is 5. The molecule has 0 unspecified atom stereocenters. The van der Waals surface area contributed by atoms with Gasteiger partial charge in [-0.3, -0.25) is 0 Å². The average molecular weight is 461 g/mol. The third kappa shape index (κ3) is 4.88. The van der Waals surface area contributed by atoms with Crippen molar-refractivity contribution in [2.24, 2.45) is 12.0 Å². The summed E-state index contributed by atoms with van der Waals surface area (Å²) < 4.78 is 1.97. The van der Waals surface area contributed by atoms with Crippen LogP contribution < -0.4 is 5.32 Å². The summed E-state index contributed by atoms with van der Waals surface area (Å²) in [7, 11) is 4.01. The third-order valence-corrected chi connectivity index (χ3v) is 4.71.